The molecule has 1 unspecified atom stereocenters. The van der Waals surface area contributed by atoms with Crippen molar-refractivity contribution in [1.82, 2.24) is 0 Å². The normalized spacial score (nSPS) is 20.3. The molecule has 2 heterocycles. The molecule has 144 valence electrons. The van der Waals surface area contributed by atoms with Gasteiger partial charge in [-0.2, -0.15) is 13.2 Å². The van der Waals surface area contributed by atoms with E-state index in [1.165, 1.54) is 24.5 Å². The lowest BCUT2D eigenvalue weighted by Gasteiger charge is -2.29. The first-order chi connectivity index (χ1) is 13.4. The van der Waals surface area contributed by atoms with Crippen molar-refractivity contribution in [3.8, 4) is 5.75 Å². The van der Waals surface area contributed by atoms with E-state index in [1.807, 2.05) is 6.07 Å². The van der Waals surface area contributed by atoms with E-state index in [9.17, 15) is 18.3 Å². The fourth-order valence-corrected chi connectivity index (χ4v) is 3.99. The molecular weight excluding hydrogens is 373 g/mol. The number of allylic oxidation sites excluding steroid dienone is 1. The van der Waals surface area contributed by atoms with Crippen LogP contribution in [0.4, 0.5) is 13.2 Å². The minimum atomic E-state index is -4.55. The molecule has 2 aliphatic heterocycles. The summed E-state index contributed by atoms with van der Waals surface area (Å²) >= 11 is 0. The van der Waals surface area contributed by atoms with Gasteiger partial charge in [0.15, 0.2) is 5.76 Å². The predicted molar refractivity (Wildman–Crippen MR) is 93.7 cm³/mol. The predicted octanol–water partition coefficient (Wildman–Crippen LogP) is 4.79. The van der Waals surface area contributed by atoms with Crippen LogP contribution in [0.3, 0.4) is 0 Å². The van der Waals surface area contributed by atoms with Gasteiger partial charge in [0.25, 0.3) is 0 Å². The second-order valence-corrected chi connectivity index (χ2v) is 6.81. The van der Waals surface area contributed by atoms with Crippen molar-refractivity contribution in [3.63, 3.8) is 0 Å². The molecule has 0 bridgehead atoms. The molecule has 2 aromatic carbocycles. The quantitative estimate of drug-likeness (QED) is 0.763. The number of benzene rings is 2. The van der Waals surface area contributed by atoms with Crippen molar-refractivity contribution in [1.29, 1.82) is 0 Å². The SMILES string of the molecule is OC1C(c2ccccc2C(F)(F)F)=COc2ccc3c(c21)C1=C(CC3)OCO1. The Balaban J connectivity index is 1.66. The van der Waals surface area contributed by atoms with Gasteiger partial charge >= 0.3 is 6.18 Å². The van der Waals surface area contributed by atoms with Crippen molar-refractivity contribution in [2.24, 2.45) is 0 Å². The van der Waals surface area contributed by atoms with Crippen molar-refractivity contribution < 1.29 is 32.5 Å². The molecule has 7 heteroatoms. The van der Waals surface area contributed by atoms with Gasteiger partial charge in [-0.15, -0.1) is 0 Å². The van der Waals surface area contributed by atoms with Crippen LogP contribution in [0.1, 0.15) is 40.3 Å². The van der Waals surface area contributed by atoms with E-state index < -0.39 is 17.8 Å². The van der Waals surface area contributed by atoms with E-state index in [4.69, 9.17) is 14.2 Å². The van der Waals surface area contributed by atoms with Crippen LogP contribution >= 0.6 is 0 Å². The molecule has 0 aromatic heterocycles. The van der Waals surface area contributed by atoms with Crippen LogP contribution in [-0.4, -0.2) is 11.9 Å². The zero-order chi connectivity index (χ0) is 19.5. The minimum absolute atomic E-state index is 0.0560. The molecule has 0 fully saturated rings. The first kappa shape index (κ1) is 17.2. The van der Waals surface area contributed by atoms with Crippen molar-refractivity contribution >= 4 is 11.3 Å². The van der Waals surface area contributed by atoms with Crippen LogP contribution in [-0.2, 0) is 22.1 Å². The van der Waals surface area contributed by atoms with Gasteiger partial charge in [0.2, 0.25) is 6.79 Å². The second kappa shape index (κ2) is 6.04. The molecule has 0 spiro atoms. The molecule has 4 nitrogen and oxygen atoms in total. The number of aliphatic hydroxyl groups excluding tert-OH is 1. The largest absolute Gasteiger partial charge is 0.464 e. The third kappa shape index (κ3) is 2.50. The number of ether oxygens (including phenoxy) is 3. The summed E-state index contributed by atoms with van der Waals surface area (Å²) in [7, 11) is 0. The number of aryl methyl sites for hydroxylation is 1. The third-order valence-corrected chi connectivity index (χ3v) is 5.25. The summed E-state index contributed by atoms with van der Waals surface area (Å²) in [5.74, 6) is 1.62. The number of rotatable bonds is 1. The van der Waals surface area contributed by atoms with Gasteiger partial charge in [-0.05, 0) is 29.7 Å². The summed E-state index contributed by atoms with van der Waals surface area (Å²) in [6.45, 7) is 0.0876. The Bertz CT molecular complexity index is 1040. The summed E-state index contributed by atoms with van der Waals surface area (Å²) < 4.78 is 57.2. The molecule has 1 N–H and O–H groups in total. The highest BCUT2D eigenvalue weighted by Crippen LogP contribution is 2.49. The topological polar surface area (TPSA) is 47.9 Å². The molecule has 0 saturated carbocycles. The van der Waals surface area contributed by atoms with Gasteiger partial charge in [0, 0.05) is 23.1 Å². The molecule has 1 atom stereocenters. The average Bonchev–Trinajstić information content (AvgIpc) is 3.16. The number of alkyl halides is 3. The number of hydrogen-bond donors (Lipinski definition) is 1. The second-order valence-electron chi connectivity index (χ2n) is 6.81. The van der Waals surface area contributed by atoms with Crippen LogP contribution in [0.25, 0.3) is 11.3 Å². The Labute approximate surface area is 158 Å². The molecule has 28 heavy (non-hydrogen) atoms. The number of halogens is 3. The van der Waals surface area contributed by atoms with Gasteiger partial charge < -0.3 is 19.3 Å². The van der Waals surface area contributed by atoms with E-state index in [1.54, 1.807) is 6.07 Å². The van der Waals surface area contributed by atoms with Crippen molar-refractivity contribution in [2.45, 2.75) is 25.1 Å². The Morgan fingerprint density at radius 1 is 1.00 bits per heavy atom. The zero-order valence-corrected chi connectivity index (χ0v) is 14.5. The molecule has 5 rings (SSSR count). The first-order valence-electron chi connectivity index (χ1n) is 8.81. The lowest BCUT2D eigenvalue weighted by atomic mass is 9.83. The Kier molecular flexibility index (Phi) is 3.71. The molecule has 3 aliphatic rings. The number of hydrogen-bond acceptors (Lipinski definition) is 4. The highest BCUT2D eigenvalue weighted by atomic mass is 19.4. The minimum Gasteiger partial charge on any atom is -0.464 e. The van der Waals surface area contributed by atoms with Crippen LogP contribution in [0, 0.1) is 0 Å². The van der Waals surface area contributed by atoms with E-state index in [2.05, 4.69) is 0 Å². The van der Waals surface area contributed by atoms with Gasteiger partial charge in [-0.25, -0.2) is 0 Å². The summed E-state index contributed by atoms with van der Waals surface area (Å²) in [6, 6.07) is 8.76. The smallest absolute Gasteiger partial charge is 0.416 e. The van der Waals surface area contributed by atoms with Gasteiger partial charge in [0.05, 0.1) is 11.8 Å². The van der Waals surface area contributed by atoms with E-state index in [0.29, 0.717) is 41.2 Å². The summed E-state index contributed by atoms with van der Waals surface area (Å²) in [4.78, 5) is 0. The fourth-order valence-electron chi connectivity index (χ4n) is 3.99. The molecular formula is C21H15F3O4. The summed E-state index contributed by atoms with van der Waals surface area (Å²) in [5.41, 5.74) is 1.12. The highest BCUT2D eigenvalue weighted by molar-refractivity contribution is 5.81. The van der Waals surface area contributed by atoms with Crippen LogP contribution in [0.15, 0.2) is 48.4 Å². The first-order valence-corrected chi connectivity index (χ1v) is 8.81. The summed E-state index contributed by atoms with van der Waals surface area (Å²) in [6.07, 6.45) is -3.29. The van der Waals surface area contributed by atoms with E-state index in [0.717, 1.165) is 11.6 Å². The molecule has 0 saturated heterocycles. The van der Waals surface area contributed by atoms with Gasteiger partial charge in [-0.1, -0.05) is 24.3 Å². The third-order valence-electron chi connectivity index (χ3n) is 5.25. The lowest BCUT2D eigenvalue weighted by molar-refractivity contribution is -0.137. The Morgan fingerprint density at radius 2 is 1.82 bits per heavy atom. The zero-order valence-electron chi connectivity index (χ0n) is 14.5. The van der Waals surface area contributed by atoms with E-state index >= 15 is 0 Å². The van der Waals surface area contributed by atoms with Crippen molar-refractivity contribution in [3.05, 3.63) is 76.2 Å². The summed E-state index contributed by atoms with van der Waals surface area (Å²) in [5, 5.41) is 11.1. The maximum absolute atomic E-state index is 13.5. The van der Waals surface area contributed by atoms with Crippen LogP contribution < -0.4 is 4.74 Å². The molecule has 1 aliphatic carbocycles. The molecule has 0 radical (unpaired) electrons. The number of fused-ring (bicyclic) bond motifs is 4. The monoisotopic (exact) mass is 388 g/mol. The molecule has 2 aromatic rings. The van der Waals surface area contributed by atoms with Crippen LogP contribution in [0.2, 0.25) is 0 Å². The Hall–Kier alpha value is -2.93. The van der Waals surface area contributed by atoms with Crippen molar-refractivity contribution in [2.75, 3.05) is 6.79 Å². The van der Waals surface area contributed by atoms with Gasteiger partial charge in [0.1, 0.15) is 17.6 Å². The maximum Gasteiger partial charge on any atom is 0.416 e. The lowest BCUT2D eigenvalue weighted by Crippen LogP contribution is -2.18. The number of aliphatic hydroxyl groups is 1. The fraction of sp³-hybridized carbons (Fsp3) is 0.238. The van der Waals surface area contributed by atoms with Crippen LogP contribution in [0.5, 0.6) is 5.75 Å². The average molecular weight is 388 g/mol. The van der Waals surface area contributed by atoms with Gasteiger partial charge in [-0.3, -0.25) is 0 Å². The standard InChI is InChI=1S/C21H15F3O4/c22-21(23,24)14-4-2-1-3-12(14)13-9-26-15-7-5-11-6-8-16-20(28-10-27-16)17(11)18(15)19(13)25/h1-5,7,9,19,25H,6,8,10H2. The molecule has 0 amide bonds. The maximum atomic E-state index is 13.5. The van der Waals surface area contributed by atoms with E-state index in [-0.39, 0.29) is 17.9 Å². The highest BCUT2D eigenvalue weighted by Gasteiger charge is 2.39. The Morgan fingerprint density at radius 3 is 2.64 bits per heavy atom.